The van der Waals surface area contributed by atoms with Crippen LogP contribution < -0.4 is 0 Å². The van der Waals surface area contributed by atoms with Gasteiger partial charge in [-0.25, -0.2) is 4.98 Å². The summed E-state index contributed by atoms with van der Waals surface area (Å²) < 4.78 is 0. The van der Waals surface area contributed by atoms with Gasteiger partial charge in [-0.3, -0.25) is 4.79 Å². The first-order valence-corrected chi connectivity index (χ1v) is 6.18. The molecule has 0 radical (unpaired) electrons. The van der Waals surface area contributed by atoms with Crippen molar-refractivity contribution >= 4 is 17.5 Å². The number of halogens is 1. The van der Waals surface area contributed by atoms with E-state index >= 15 is 0 Å². The van der Waals surface area contributed by atoms with Crippen molar-refractivity contribution in [2.24, 2.45) is 0 Å². The van der Waals surface area contributed by atoms with Gasteiger partial charge in [0.25, 0.3) is 0 Å². The number of hydrogen-bond acceptors (Lipinski definition) is 2. The van der Waals surface area contributed by atoms with E-state index in [1.165, 1.54) is 0 Å². The molecule has 0 aliphatic carbocycles. The minimum atomic E-state index is -0.417. The van der Waals surface area contributed by atoms with Gasteiger partial charge in [0.15, 0.2) is 0 Å². The smallest absolute Gasteiger partial charge is 0.228 e. The Bertz CT molecular complexity index is 567. The van der Waals surface area contributed by atoms with E-state index in [2.05, 4.69) is 9.97 Å². The summed E-state index contributed by atoms with van der Waals surface area (Å²) in [5.41, 5.74) is 2.42. The second kappa shape index (κ2) is 4.46. The van der Waals surface area contributed by atoms with Crippen LogP contribution in [0.25, 0.3) is 0 Å². The zero-order valence-electron chi connectivity index (χ0n) is 9.64. The highest BCUT2D eigenvalue weighted by molar-refractivity contribution is 6.22. The third-order valence-corrected chi connectivity index (χ3v) is 3.61. The number of fused-ring (bicyclic) bond motifs is 1. The number of nitrogens with one attached hydrogen (secondary N) is 1. The van der Waals surface area contributed by atoms with Crippen LogP contribution in [0.5, 0.6) is 0 Å². The van der Waals surface area contributed by atoms with Crippen molar-refractivity contribution in [3.8, 4) is 0 Å². The minimum absolute atomic E-state index is 0.0386. The summed E-state index contributed by atoms with van der Waals surface area (Å²) in [7, 11) is 0. The zero-order valence-corrected chi connectivity index (χ0v) is 10.4. The van der Waals surface area contributed by atoms with Gasteiger partial charge in [0.2, 0.25) is 5.91 Å². The van der Waals surface area contributed by atoms with Crippen LogP contribution in [0.15, 0.2) is 36.8 Å². The standard InChI is InChI=1S/C13H12ClN3O/c14-13-11-4-2-1-3-9(11)5-12(18)17(13)7-10-6-15-8-16-10/h1-4,6,8,13H,5,7H2,(H,15,16). The zero-order chi connectivity index (χ0) is 12.5. The molecule has 0 saturated heterocycles. The molecule has 0 spiro atoms. The molecule has 4 nitrogen and oxygen atoms in total. The van der Waals surface area contributed by atoms with Crippen molar-refractivity contribution in [2.45, 2.75) is 18.5 Å². The maximum absolute atomic E-state index is 12.1. The average molecular weight is 262 g/mol. The first kappa shape index (κ1) is 11.3. The van der Waals surface area contributed by atoms with E-state index in [1.54, 1.807) is 17.4 Å². The number of rotatable bonds is 2. The summed E-state index contributed by atoms with van der Waals surface area (Å²) in [5, 5.41) is 0. The van der Waals surface area contributed by atoms with Gasteiger partial charge in [-0.15, -0.1) is 0 Å². The number of amides is 1. The molecule has 0 fully saturated rings. The lowest BCUT2D eigenvalue weighted by Gasteiger charge is -2.33. The van der Waals surface area contributed by atoms with E-state index < -0.39 is 5.50 Å². The molecule has 3 rings (SSSR count). The summed E-state index contributed by atoms with van der Waals surface area (Å²) in [6.45, 7) is 0.435. The first-order chi connectivity index (χ1) is 8.75. The monoisotopic (exact) mass is 261 g/mol. The molecule has 2 heterocycles. The summed E-state index contributed by atoms with van der Waals surface area (Å²) >= 11 is 6.39. The number of aromatic amines is 1. The molecule has 1 N–H and O–H groups in total. The quantitative estimate of drug-likeness (QED) is 0.666. The molecule has 0 bridgehead atoms. The molecule has 5 heteroatoms. The first-order valence-electron chi connectivity index (χ1n) is 5.74. The molecule has 1 aromatic heterocycles. The van der Waals surface area contributed by atoms with E-state index in [4.69, 9.17) is 11.6 Å². The fourth-order valence-corrected chi connectivity index (χ4v) is 2.60. The average Bonchev–Trinajstić information content (AvgIpc) is 2.87. The normalized spacial score (nSPS) is 18.8. The van der Waals surface area contributed by atoms with Gasteiger partial charge < -0.3 is 9.88 Å². The number of benzene rings is 1. The molecule has 1 aliphatic heterocycles. The Morgan fingerprint density at radius 1 is 1.44 bits per heavy atom. The molecular weight excluding hydrogens is 250 g/mol. The van der Waals surface area contributed by atoms with Crippen LogP contribution in [-0.4, -0.2) is 20.8 Å². The van der Waals surface area contributed by atoms with E-state index in [9.17, 15) is 4.79 Å². The second-order valence-electron chi connectivity index (χ2n) is 4.29. The number of H-pyrrole nitrogens is 1. The van der Waals surface area contributed by atoms with Crippen molar-refractivity contribution in [1.29, 1.82) is 0 Å². The van der Waals surface area contributed by atoms with Crippen molar-refractivity contribution in [3.05, 3.63) is 53.6 Å². The fraction of sp³-hybridized carbons (Fsp3) is 0.231. The highest BCUT2D eigenvalue weighted by atomic mass is 35.5. The number of aromatic nitrogens is 2. The van der Waals surface area contributed by atoms with Crippen LogP contribution in [-0.2, 0) is 17.8 Å². The van der Waals surface area contributed by atoms with E-state index in [0.29, 0.717) is 13.0 Å². The summed E-state index contributed by atoms with van der Waals surface area (Å²) in [6.07, 6.45) is 3.78. The lowest BCUT2D eigenvalue weighted by atomic mass is 9.99. The van der Waals surface area contributed by atoms with Crippen LogP contribution >= 0.6 is 11.6 Å². The predicted octanol–water partition coefficient (Wildman–Crippen LogP) is 2.23. The lowest BCUT2D eigenvalue weighted by molar-refractivity contribution is -0.133. The van der Waals surface area contributed by atoms with E-state index in [-0.39, 0.29) is 5.91 Å². The largest absolute Gasteiger partial charge is 0.351 e. The number of nitrogens with zero attached hydrogens (tertiary/aromatic N) is 2. The van der Waals surface area contributed by atoms with Crippen LogP contribution in [0.3, 0.4) is 0 Å². The Morgan fingerprint density at radius 2 is 2.28 bits per heavy atom. The topological polar surface area (TPSA) is 49.0 Å². The Hall–Kier alpha value is -1.81. The molecule has 0 saturated carbocycles. The molecule has 1 unspecified atom stereocenters. The maximum atomic E-state index is 12.1. The highest BCUT2D eigenvalue weighted by Gasteiger charge is 2.30. The molecule has 1 amide bonds. The predicted molar refractivity (Wildman–Crippen MR) is 67.9 cm³/mol. The number of imidazole rings is 1. The lowest BCUT2D eigenvalue weighted by Crippen LogP contribution is -2.37. The van der Waals surface area contributed by atoms with Gasteiger partial charge >= 0.3 is 0 Å². The number of carbonyl (C=O) groups is 1. The Balaban J connectivity index is 1.91. The van der Waals surface area contributed by atoms with Crippen molar-refractivity contribution < 1.29 is 4.79 Å². The van der Waals surface area contributed by atoms with Gasteiger partial charge in [-0.1, -0.05) is 35.9 Å². The van der Waals surface area contributed by atoms with Gasteiger partial charge in [0, 0.05) is 6.20 Å². The summed E-state index contributed by atoms with van der Waals surface area (Å²) in [6, 6.07) is 7.79. The fourth-order valence-electron chi connectivity index (χ4n) is 2.21. The van der Waals surface area contributed by atoms with E-state index in [1.807, 2.05) is 24.3 Å². The van der Waals surface area contributed by atoms with Crippen molar-refractivity contribution in [3.63, 3.8) is 0 Å². The second-order valence-corrected chi connectivity index (χ2v) is 4.71. The molecule has 2 aromatic rings. The van der Waals surface area contributed by atoms with Gasteiger partial charge in [0.1, 0.15) is 5.50 Å². The Morgan fingerprint density at radius 3 is 3.06 bits per heavy atom. The van der Waals surface area contributed by atoms with Gasteiger partial charge in [-0.2, -0.15) is 0 Å². The number of hydrogen-bond donors (Lipinski definition) is 1. The Kier molecular flexibility index (Phi) is 2.80. The molecular formula is C13H12ClN3O. The number of alkyl halides is 1. The SMILES string of the molecule is O=C1Cc2ccccc2C(Cl)N1Cc1c[nH]cn1. The number of carbonyl (C=O) groups excluding carboxylic acids is 1. The molecule has 92 valence electrons. The van der Waals surface area contributed by atoms with Crippen LogP contribution in [0, 0.1) is 0 Å². The van der Waals surface area contributed by atoms with E-state index in [0.717, 1.165) is 16.8 Å². The summed E-state index contributed by atoms with van der Waals surface area (Å²) in [4.78, 5) is 20.8. The van der Waals surface area contributed by atoms with Crippen LogP contribution in [0.2, 0.25) is 0 Å². The third kappa shape index (κ3) is 1.88. The molecule has 1 aromatic carbocycles. The van der Waals surface area contributed by atoms with Gasteiger partial charge in [0.05, 0.1) is 25.0 Å². The summed E-state index contributed by atoms with van der Waals surface area (Å²) in [5.74, 6) is 0.0386. The molecule has 1 atom stereocenters. The highest BCUT2D eigenvalue weighted by Crippen LogP contribution is 2.34. The Labute approximate surface area is 110 Å². The maximum Gasteiger partial charge on any atom is 0.228 e. The van der Waals surface area contributed by atoms with Gasteiger partial charge in [-0.05, 0) is 11.1 Å². The van der Waals surface area contributed by atoms with Crippen molar-refractivity contribution in [1.82, 2.24) is 14.9 Å². The van der Waals surface area contributed by atoms with Crippen molar-refractivity contribution in [2.75, 3.05) is 0 Å². The van der Waals surface area contributed by atoms with Crippen LogP contribution in [0.1, 0.15) is 22.3 Å². The molecule has 1 aliphatic rings. The minimum Gasteiger partial charge on any atom is -0.351 e. The third-order valence-electron chi connectivity index (χ3n) is 3.13. The molecule has 18 heavy (non-hydrogen) atoms. The van der Waals surface area contributed by atoms with Crippen LogP contribution in [0.4, 0.5) is 0 Å².